The van der Waals surface area contributed by atoms with Gasteiger partial charge in [0.05, 0.1) is 4.83 Å². The van der Waals surface area contributed by atoms with E-state index in [4.69, 9.17) is 11.6 Å². The van der Waals surface area contributed by atoms with Crippen molar-refractivity contribution in [3.05, 3.63) is 0 Å². The maximum absolute atomic E-state index is 11.7. The highest BCUT2D eigenvalue weighted by molar-refractivity contribution is 9.14. The molecule has 0 aromatic heterocycles. The summed E-state index contributed by atoms with van der Waals surface area (Å²) in [7, 11) is 0. The van der Waals surface area contributed by atoms with Gasteiger partial charge in [0.25, 0.3) is 0 Å². The Balaban J connectivity index is 3.00. The van der Waals surface area contributed by atoms with Gasteiger partial charge >= 0.3 is 0 Å². The predicted octanol–water partition coefficient (Wildman–Crippen LogP) is 3.84. The van der Waals surface area contributed by atoms with Gasteiger partial charge < -0.3 is 0 Å². The van der Waals surface area contributed by atoms with Crippen molar-refractivity contribution in [2.75, 3.05) is 0 Å². The van der Waals surface area contributed by atoms with Crippen molar-refractivity contribution in [3.8, 4) is 0 Å². The molecule has 13 heavy (non-hydrogen) atoms. The highest BCUT2D eigenvalue weighted by atomic mass is 79.9. The van der Waals surface area contributed by atoms with E-state index >= 15 is 0 Å². The van der Waals surface area contributed by atoms with Crippen LogP contribution in [0.25, 0.3) is 0 Å². The number of alkyl halides is 4. The Bertz CT molecular complexity index is 240. The summed E-state index contributed by atoms with van der Waals surface area (Å²) in [6.07, 6.45) is 0.486. The molecule has 0 spiro atoms. The normalized spacial score (nSPS) is 44.9. The van der Waals surface area contributed by atoms with Gasteiger partial charge in [-0.3, -0.25) is 4.79 Å². The molecule has 1 rings (SSSR count). The second kappa shape index (κ2) is 3.76. The number of carbonyl (C=O) groups excluding carboxylic acids is 1. The highest BCUT2D eigenvalue weighted by Crippen LogP contribution is 2.50. The van der Waals surface area contributed by atoms with Gasteiger partial charge in [-0.25, -0.2) is 0 Å². The van der Waals surface area contributed by atoms with Crippen LogP contribution in [0, 0.1) is 5.41 Å². The number of Topliss-reactive ketones (excluding diaryl/α,β-unsaturated/α-hetero) is 1. The molecule has 1 fully saturated rings. The molecule has 1 saturated carbocycles. The van der Waals surface area contributed by atoms with Crippen molar-refractivity contribution >= 4 is 65.2 Å². The van der Waals surface area contributed by atoms with Gasteiger partial charge in [0.2, 0.25) is 0 Å². The third kappa shape index (κ3) is 2.16. The van der Waals surface area contributed by atoms with Gasteiger partial charge in [0.1, 0.15) is 0 Å². The minimum atomic E-state index is -0.962. The molecule has 76 valence electrons. The Labute approximate surface area is 108 Å². The molecule has 1 aliphatic carbocycles. The van der Waals surface area contributed by atoms with Crippen LogP contribution >= 0.6 is 59.4 Å². The molecule has 0 amide bonds. The van der Waals surface area contributed by atoms with Gasteiger partial charge in [-0.15, -0.1) is 0 Å². The number of hydrogen-bond donors (Lipinski definition) is 0. The van der Waals surface area contributed by atoms with Crippen LogP contribution in [0.1, 0.15) is 20.3 Å². The number of ketones is 1. The summed E-state index contributed by atoms with van der Waals surface area (Å²) in [5.41, 5.74) is -0.0581. The first kappa shape index (κ1) is 12.5. The van der Waals surface area contributed by atoms with Crippen molar-refractivity contribution in [1.82, 2.24) is 0 Å². The van der Waals surface area contributed by atoms with Crippen LogP contribution in [0.3, 0.4) is 0 Å². The lowest BCUT2D eigenvalue weighted by Crippen LogP contribution is -2.52. The highest BCUT2D eigenvalue weighted by Gasteiger charge is 2.53. The summed E-state index contributed by atoms with van der Waals surface area (Å²) in [5, 5.41) is 0. The van der Waals surface area contributed by atoms with Crippen LogP contribution in [-0.2, 0) is 4.79 Å². The van der Waals surface area contributed by atoms with Gasteiger partial charge in [0.15, 0.2) is 9.57 Å². The fourth-order valence-corrected chi connectivity index (χ4v) is 4.00. The van der Waals surface area contributed by atoms with Crippen molar-refractivity contribution in [3.63, 3.8) is 0 Å². The molecular weight excluding hydrogens is 387 g/mol. The van der Waals surface area contributed by atoms with Crippen molar-refractivity contribution in [1.29, 1.82) is 0 Å². The van der Waals surface area contributed by atoms with Crippen LogP contribution < -0.4 is 0 Å². The molecular formula is C8H10Br3ClO. The zero-order valence-electron chi connectivity index (χ0n) is 7.28. The monoisotopic (exact) mass is 394 g/mol. The Kier molecular flexibility index (Phi) is 3.61. The Hall–Kier alpha value is 1.40. The van der Waals surface area contributed by atoms with E-state index in [9.17, 15) is 4.79 Å². The van der Waals surface area contributed by atoms with E-state index in [-0.39, 0.29) is 20.9 Å². The van der Waals surface area contributed by atoms with Gasteiger partial charge in [0, 0.05) is 11.2 Å². The van der Waals surface area contributed by atoms with E-state index in [2.05, 4.69) is 61.6 Å². The molecule has 0 N–H and O–H groups in total. The molecule has 0 aromatic carbocycles. The summed E-state index contributed by atoms with van der Waals surface area (Å²) in [6, 6.07) is 0. The second-order valence-corrected chi connectivity index (χ2v) is 8.29. The summed E-state index contributed by atoms with van der Waals surface area (Å²) < 4.78 is -0.962. The fourth-order valence-electron chi connectivity index (χ4n) is 1.36. The molecule has 0 radical (unpaired) electrons. The molecule has 0 heterocycles. The molecule has 0 aromatic rings. The molecule has 1 aliphatic rings. The summed E-state index contributed by atoms with van der Waals surface area (Å²) in [5.74, 6) is 0.0386. The van der Waals surface area contributed by atoms with E-state index in [0.717, 1.165) is 0 Å². The predicted molar refractivity (Wildman–Crippen MR) is 66.3 cm³/mol. The molecule has 0 bridgehead atoms. The van der Waals surface area contributed by atoms with Crippen LogP contribution in [0.2, 0.25) is 0 Å². The first-order valence-electron chi connectivity index (χ1n) is 3.89. The zero-order chi connectivity index (χ0) is 10.4. The third-order valence-electron chi connectivity index (χ3n) is 2.34. The molecule has 3 unspecified atom stereocenters. The smallest absolute Gasteiger partial charge is 0.170 e. The van der Waals surface area contributed by atoms with Crippen molar-refractivity contribution < 1.29 is 4.79 Å². The Morgan fingerprint density at radius 2 is 1.85 bits per heavy atom. The lowest BCUT2D eigenvalue weighted by atomic mass is 9.76. The third-order valence-corrected chi connectivity index (χ3v) is 8.29. The van der Waals surface area contributed by atoms with Crippen LogP contribution in [0.15, 0.2) is 0 Å². The Morgan fingerprint density at radius 1 is 1.38 bits per heavy atom. The largest absolute Gasteiger partial charge is 0.297 e. The van der Waals surface area contributed by atoms with E-state index in [1.54, 1.807) is 0 Å². The number of halogens is 4. The van der Waals surface area contributed by atoms with Crippen molar-refractivity contribution in [2.24, 2.45) is 5.41 Å². The van der Waals surface area contributed by atoms with Gasteiger partial charge in [-0.2, -0.15) is 0 Å². The van der Waals surface area contributed by atoms with E-state index in [1.807, 2.05) is 0 Å². The lowest BCUT2D eigenvalue weighted by molar-refractivity contribution is -0.122. The topological polar surface area (TPSA) is 17.1 Å². The first-order chi connectivity index (χ1) is 5.69. The Morgan fingerprint density at radius 3 is 2.31 bits per heavy atom. The van der Waals surface area contributed by atoms with Gasteiger partial charge in [-0.1, -0.05) is 73.2 Å². The molecule has 3 atom stereocenters. The van der Waals surface area contributed by atoms with Crippen LogP contribution in [-0.4, -0.2) is 19.2 Å². The minimum Gasteiger partial charge on any atom is -0.297 e. The van der Waals surface area contributed by atoms with Crippen LogP contribution in [0.5, 0.6) is 0 Å². The number of hydrogen-bond acceptors (Lipinski definition) is 1. The molecule has 1 nitrogen and oxygen atoms in total. The number of carbonyl (C=O) groups is 1. The zero-order valence-corrected chi connectivity index (χ0v) is 12.8. The molecule has 0 aliphatic heterocycles. The maximum atomic E-state index is 11.7. The quantitative estimate of drug-likeness (QED) is 0.568. The fraction of sp³-hybridized carbons (Fsp3) is 0.875. The van der Waals surface area contributed by atoms with Crippen molar-refractivity contribution in [2.45, 2.75) is 33.7 Å². The summed E-state index contributed by atoms with van der Waals surface area (Å²) in [4.78, 5) is 11.7. The summed E-state index contributed by atoms with van der Waals surface area (Å²) in [6.45, 7) is 4.11. The van der Waals surface area contributed by atoms with E-state index < -0.39 is 3.78 Å². The SMILES string of the molecule is CC1(C)CC(=O)C(Cl)(Br)C(Br)C1Br. The van der Waals surface area contributed by atoms with E-state index in [1.165, 1.54) is 0 Å². The minimum absolute atomic E-state index is 0.0386. The van der Waals surface area contributed by atoms with E-state index in [0.29, 0.717) is 6.42 Å². The second-order valence-electron chi connectivity index (χ2n) is 4.02. The maximum Gasteiger partial charge on any atom is 0.170 e. The van der Waals surface area contributed by atoms with Crippen LogP contribution in [0.4, 0.5) is 0 Å². The summed E-state index contributed by atoms with van der Waals surface area (Å²) >= 11 is 16.3. The molecule has 5 heteroatoms. The lowest BCUT2D eigenvalue weighted by Gasteiger charge is -2.43. The molecule has 0 saturated heterocycles. The van der Waals surface area contributed by atoms with Gasteiger partial charge in [-0.05, 0) is 5.41 Å². The first-order valence-corrected chi connectivity index (χ1v) is 6.89. The standard InChI is InChI=1S/C8H10Br3ClO/c1-7(2)3-4(13)8(11,12)6(10)5(7)9/h5-6H,3H2,1-2H3. The average molecular weight is 397 g/mol. The number of rotatable bonds is 0. The average Bonchev–Trinajstić information content (AvgIpc) is 1.98.